The summed E-state index contributed by atoms with van der Waals surface area (Å²) >= 11 is 1.84. The average Bonchev–Trinajstić information content (AvgIpc) is 3.58. The van der Waals surface area contributed by atoms with Gasteiger partial charge >= 0.3 is 0 Å². The minimum atomic E-state index is 0.692. The Morgan fingerprint density at radius 2 is 1.04 bits per heavy atom. The standard InChI is InChI=1S/C45H27N3S/c1-2-12-28(13-3-1)39-27-40(37-26-31-14-4-5-15-32(31)33-16-6-7-17-34(33)37)48-45(47-39)30-24-22-29(23-25-30)43-42-36-19-9-11-21-41(36)49-44(42)35-18-8-10-20-38(35)46-43/h1-27H. The zero-order chi connectivity index (χ0) is 32.3. The van der Waals surface area contributed by atoms with Crippen LogP contribution in [0.3, 0.4) is 0 Å². The average molecular weight is 642 g/mol. The summed E-state index contributed by atoms with van der Waals surface area (Å²) in [7, 11) is 0. The summed E-state index contributed by atoms with van der Waals surface area (Å²) in [6.45, 7) is 0. The van der Waals surface area contributed by atoms with Gasteiger partial charge < -0.3 is 0 Å². The third-order valence-corrected chi connectivity index (χ3v) is 10.7. The van der Waals surface area contributed by atoms with E-state index in [2.05, 4.69) is 158 Å². The van der Waals surface area contributed by atoms with Crippen molar-refractivity contribution in [3.8, 4) is 45.2 Å². The van der Waals surface area contributed by atoms with Gasteiger partial charge in [-0.25, -0.2) is 15.0 Å². The Bertz CT molecular complexity index is 2870. The molecule has 0 N–H and O–H groups in total. The number of aromatic nitrogens is 3. The maximum absolute atomic E-state index is 5.26. The summed E-state index contributed by atoms with van der Waals surface area (Å²) < 4.78 is 2.55. The first-order valence-corrected chi connectivity index (χ1v) is 17.3. The lowest BCUT2D eigenvalue weighted by Crippen LogP contribution is -1.97. The SMILES string of the molecule is c1ccc(-c2cc(-c3cc4ccccc4c4ccccc34)nc(-c3ccc(-c4nc5ccccc5c5sc6ccccc6c45)cc3)n2)cc1. The Kier molecular flexibility index (Phi) is 6.36. The molecule has 0 saturated heterocycles. The van der Waals surface area contributed by atoms with Crippen molar-refractivity contribution in [1.82, 2.24) is 15.0 Å². The van der Waals surface area contributed by atoms with Crippen molar-refractivity contribution in [2.24, 2.45) is 0 Å². The zero-order valence-electron chi connectivity index (χ0n) is 26.3. The first-order valence-electron chi connectivity index (χ1n) is 16.4. The van der Waals surface area contributed by atoms with Crippen LogP contribution in [0.5, 0.6) is 0 Å². The molecule has 49 heavy (non-hydrogen) atoms. The monoisotopic (exact) mass is 641 g/mol. The molecule has 3 nitrogen and oxygen atoms in total. The first-order chi connectivity index (χ1) is 24.3. The van der Waals surface area contributed by atoms with Crippen LogP contribution >= 0.6 is 11.3 Å². The summed E-state index contributed by atoms with van der Waals surface area (Å²) in [5.74, 6) is 0.692. The van der Waals surface area contributed by atoms with Crippen molar-refractivity contribution in [2.75, 3.05) is 0 Å². The Balaban J connectivity index is 1.16. The van der Waals surface area contributed by atoms with E-state index in [-0.39, 0.29) is 0 Å². The fourth-order valence-electron chi connectivity index (χ4n) is 7.13. The van der Waals surface area contributed by atoms with Gasteiger partial charge in [0.25, 0.3) is 0 Å². The van der Waals surface area contributed by atoms with Crippen molar-refractivity contribution in [2.45, 2.75) is 0 Å². The molecule has 0 fully saturated rings. The molecule has 3 aromatic heterocycles. The predicted molar refractivity (Wildman–Crippen MR) is 207 cm³/mol. The molecule has 7 aromatic carbocycles. The topological polar surface area (TPSA) is 38.7 Å². The van der Waals surface area contributed by atoms with E-state index in [4.69, 9.17) is 15.0 Å². The van der Waals surface area contributed by atoms with Gasteiger partial charge in [-0.2, -0.15) is 0 Å². The normalized spacial score (nSPS) is 11.7. The van der Waals surface area contributed by atoms with E-state index >= 15 is 0 Å². The predicted octanol–water partition coefficient (Wildman–Crippen LogP) is 12.4. The Labute approximate surface area is 286 Å². The molecule has 4 heteroatoms. The molecule has 0 radical (unpaired) electrons. The lowest BCUT2D eigenvalue weighted by atomic mass is 9.95. The molecule has 3 heterocycles. The Morgan fingerprint density at radius 3 is 1.88 bits per heavy atom. The van der Waals surface area contributed by atoms with E-state index in [1.807, 2.05) is 17.4 Å². The molecule has 228 valence electrons. The number of benzene rings is 7. The van der Waals surface area contributed by atoms with Crippen molar-refractivity contribution < 1.29 is 0 Å². The van der Waals surface area contributed by atoms with Crippen LogP contribution in [0.15, 0.2) is 164 Å². The second-order valence-electron chi connectivity index (χ2n) is 12.4. The number of para-hydroxylation sites is 1. The van der Waals surface area contributed by atoms with Gasteiger partial charge in [-0.1, -0.05) is 140 Å². The minimum Gasteiger partial charge on any atom is -0.247 e. The number of fused-ring (bicyclic) bond motifs is 8. The van der Waals surface area contributed by atoms with Gasteiger partial charge in [-0.15, -0.1) is 11.3 Å². The van der Waals surface area contributed by atoms with Crippen LogP contribution in [-0.2, 0) is 0 Å². The maximum Gasteiger partial charge on any atom is 0.160 e. The fourth-order valence-corrected chi connectivity index (χ4v) is 8.37. The third kappa shape index (κ3) is 4.61. The van der Waals surface area contributed by atoms with Gasteiger partial charge in [-0.05, 0) is 45.8 Å². The number of thiophene rings is 1. The number of rotatable bonds is 4. The Hall–Kier alpha value is -6.23. The van der Waals surface area contributed by atoms with Gasteiger partial charge in [0.1, 0.15) is 0 Å². The molecule has 0 spiro atoms. The van der Waals surface area contributed by atoms with Crippen LogP contribution < -0.4 is 0 Å². The second kappa shape index (κ2) is 11.2. The molecule has 0 aliphatic carbocycles. The van der Waals surface area contributed by atoms with E-state index in [0.717, 1.165) is 44.9 Å². The molecule has 0 aliphatic rings. The van der Waals surface area contributed by atoms with Gasteiger partial charge in [0.2, 0.25) is 0 Å². The van der Waals surface area contributed by atoms with Crippen LogP contribution in [0.2, 0.25) is 0 Å². The second-order valence-corrected chi connectivity index (χ2v) is 13.4. The number of hydrogen-bond donors (Lipinski definition) is 0. The van der Waals surface area contributed by atoms with Crippen molar-refractivity contribution in [1.29, 1.82) is 0 Å². The summed E-state index contributed by atoms with van der Waals surface area (Å²) in [5, 5.41) is 8.47. The van der Waals surface area contributed by atoms with Gasteiger partial charge in [0.05, 0.1) is 22.6 Å². The van der Waals surface area contributed by atoms with E-state index in [0.29, 0.717) is 5.82 Å². The highest BCUT2D eigenvalue weighted by Gasteiger charge is 2.18. The molecule has 0 amide bonds. The van der Waals surface area contributed by atoms with Gasteiger partial charge in [-0.3, -0.25) is 0 Å². The van der Waals surface area contributed by atoms with Crippen LogP contribution in [-0.4, -0.2) is 15.0 Å². The largest absolute Gasteiger partial charge is 0.247 e. The first kappa shape index (κ1) is 27.8. The summed E-state index contributed by atoms with van der Waals surface area (Å²) in [6, 6.07) is 57.7. The summed E-state index contributed by atoms with van der Waals surface area (Å²) in [4.78, 5) is 15.6. The van der Waals surface area contributed by atoms with Crippen LogP contribution in [0, 0.1) is 0 Å². The van der Waals surface area contributed by atoms with Crippen LogP contribution in [0.1, 0.15) is 0 Å². The molecule has 0 aliphatic heterocycles. The summed E-state index contributed by atoms with van der Waals surface area (Å²) in [6.07, 6.45) is 0. The molecule has 0 unspecified atom stereocenters. The Morgan fingerprint density at radius 1 is 0.408 bits per heavy atom. The highest BCUT2D eigenvalue weighted by Crippen LogP contribution is 2.43. The quantitative estimate of drug-likeness (QED) is 0.180. The van der Waals surface area contributed by atoms with Crippen molar-refractivity contribution in [3.63, 3.8) is 0 Å². The highest BCUT2D eigenvalue weighted by molar-refractivity contribution is 7.26. The minimum absolute atomic E-state index is 0.692. The third-order valence-electron chi connectivity index (χ3n) is 9.47. The zero-order valence-corrected chi connectivity index (χ0v) is 27.2. The number of nitrogens with zero attached hydrogens (tertiary/aromatic N) is 3. The molecule has 0 saturated carbocycles. The van der Waals surface area contributed by atoms with E-state index in [9.17, 15) is 0 Å². The van der Waals surface area contributed by atoms with Crippen LogP contribution in [0.25, 0.3) is 97.8 Å². The molecule has 10 aromatic rings. The maximum atomic E-state index is 5.26. The molecule has 0 atom stereocenters. The lowest BCUT2D eigenvalue weighted by Gasteiger charge is -2.13. The lowest BCUT2D eigenvalue weighted by molar-refractivity contribution is 1.19. The van der Waals surface area contributed by atoms with E-state index in [1.54, 1.807) is 0 Å². The molecular formula is C45H27N3S. The number of pyridine rings is 1. The highest BCUT2D eigenvalue weighted by atomic mass is 32.1. The van der Waals surface area contributed by atoms with E-state index in [1.165, 1.54) is 47.1 Å². The molecule has 10 rings (SSSR count). The van der Waals surface area contributed by atoms with Crippen LogP contribution in [0.4, 0.5) is 0 Å². The van der Waals surface area contributed by atoms with Crippen molar-refractivity contribution in [3.05, 3.63) is 164 Å². The molecular weight excluding hydrogens is 615 g/mol. The van der Waals surface area contributed by atoms with Gasteiger partial charge in [0.15, 0.2) is 5.82 Å². The number of hydrogen-bond acceptors (Lipinski definition) is 4. The van der Waals surface area contributed by atoms with E-state index < -0.39 is 0 Å². The molecule has 0 bridgehead atoms. The van der Waals surface area contributed by atoms with Gasteiger partial charge in [0, 0.05) is 47.8 Å². The smallest absolute Gasteiger partial charge is 0.160 e. The summed E-state index contributed by atoms with van der Waals surface area (Å²) in [5.41, 5.74) is 7.98. The fraction of sp³-hybridized carbons (Fsp3) is 0. The van der Waals surface area contributed by atoms with Crippen molar-refractivity contribution >= 4 is 64.0 Å².